The molecule has 0 N–H and O–H groups in total. The van der Waals surface area contributed by atoms with Gasteiger partial charge in [0, 0.05) is 47.8 Å². The van der Waals surface area contributed by atoms with E-state index in [4.69, 9.17) is 9.47 Å². The van der Waals surface area contributed by atoms with Gasteiger partial charge in [0.1, 0.15) is 17.6 Å². The van der Waals surface area contributed by atoms with E-state index in [-0.39, 0.29) is 12.0 Å². The van der Waals surface area contributed by atoms with Crippen LogP contribution < -0.4 is 9.47 Å². The van der Waals surface area contributed by atoms with Crippen LogP contribution in [0.4, 0.5) is 0 Å². The van der Waals surface area contributed by atoms with Gasteiger partial charge in [-0.05, 0) is 56.6 Å². The number of carbonyl (C=O) groups is 1. The number of nitrogens with zero attached hydrogens (tertiary/aromatic N) is 2. The van der Waals surface area contributed by atoms with E-state index in [1.165, 1.54) is 16.2 Å². The number of hydrogen-bond acceptors (Lipinski definition) is 5. The number of aryl methyl sites for hydroxylation is 1. The van der Waals surface area contributed by atoms with E-state index >= 15 is 0 Å². The molecule has 5 nitrogen and oxygen atoms in total. The molecular formula is C23H30N2O3S. The van der Waals surface area contributed by atoms with Gasteiger partial charge < -0.3 is 14.4 Å². The smallest absolute Gasteiger partial charge is 0.219 e. The van der Waals surface area contributed by atoms with E-state index < -0.39 is 0 Å². The SMILES string of the molecule is COc1ccc2c(c1)CN(C(C)=O)C[C@@H]([C@H]1CCCN(Cc3ccc(C)s3)C1)O2. The van der Waals surface area contributed by atoms with Crippen LogP contribution in [-0.4, -0.2) is 48.6 Å². The van der Waals surface area contributed by atoms with E-state index in [1.807, 2.05) is 34.4 Å². The average molecular weight is 415 g/mol. The molecule has 2 aliphatic heterocycles. The minimum absolute atomic E-state index is 0.0152. The van der Waals surface area contributed by atoms with Gasteiger partial charge in [0.15, 0.2) is 0 Å². The molecular weight excluding hydrogens is 384 g/mol. The fourth-order valence-electron chi connectivity index (χ4n) is 4.42. The predicted molar refractivity (Wildman–Crippen MR) is 116 cm³/mol. The first-order valence-corrected chi connectivity index (χ1v) is 11.2. The van der Waals surface area contributed by atoms with E-state index in [2.05, 4.69) is 24.0 Å². The number of ether oxygens (including phenoxy) is 2. The van der Waals surface area contributed by atoms with Crippen molar-refractivity contribution in [1.82, 2.24) is 9.80 Å². The van der Waals surface area contributed by atoms with E-state index in [0.29, 0.717) is 19.0 Å². The zero-order valence-electron chi connectivity index (χ0n) is 17.5. The molecule has 0 bridgehead atoms. The van der Waals surface area contributed by atoms with Gasteiger partial charge in [-0.2, -0.15) is 0 Å². The number of rotatable bonds is 4. The Labute approximate surface area is 177 Å². The van der Waals surface area contributed by atoms with Crippen molar-refractivity contribution in [2.24, 2.45) is 5.92 Å². The first-order valence-electron chi connectivity index (χ1n) is 10.4. The molecule has 1 saturated heterocycles. The lowest BCUT2D eigenvalue weighted by Gasteiger charge is -2.37. The highest BCUT2D eigenvalue weighted by Crippen LogP contribution is 2.33. The Bertz CT molecular complexity index is 866. The molecule has 1 amide bonds. The summed E-state index contributed by atoms with van der Waals surface area (Å²) >= 11 is 1.88. The Balaban J connectivity index is 1.51. The zero-order valence-corrected chi connectivity index (χ0v) is 18.3. The molecule has 1 fully saturated rings. The number of likely N-dealkylation sites (tertiary alicyclic amines) is 1. The number of thiophene rings is 1. The monoisotopic (exact) mass is 414 g/mol. The van der Waals surface area contributed by atoms with Gasteiger partial charge in [0.2, 0.25) is 5.91 Å². The molecule has 6 heteroatoms. The second-order valence-electron chi connectivity index (χ2n) is 8.18. The van der Waals surface area contributed by atoms with Crippen molar-refractivity contribution >= 4 is 17.2 Å². The highest BCUT2D eigenvalue weighted by Gasteiger charge is 2.33. The highest BCUT2D eigenvalue weighted by molar-refractivity contribution is 7.11. The van der Waals surface area contributed by atoms with E-state index in [0.717, 1.165) is 43.1 Å². The lowest BCUT2D eigenvalue weighted by molar-refractivity contribution is -0.130. The number of methoxy groups -OCH3 is 1. The molecule has 156 valence electrons. The maximum absolute atomic E-state index is 12.3. The maximum atomic E-state index is 12.3. The summed E-state index contributed by atoms with van der Waals surface area (Å²) in [5.74, 6) is 2.19. The fraction of sp³-hybridized carbons (Fsp3) is 0.522. The van der Waals surface area contributed by atoms with Crippen LogP contribution in [0.15, 0.2) is 30.3 Å². The summed E-state index contributed by atoms with van der Waals surface area (Å²) in [6.07, 6.45) is 2.33. The summed E-state index contributed by atoms with van der Waals surface area (Å²) in [7, 11) is 1.66. The molecule has 2 atom stereocenters. The zero-order chi connectivity index (χ0) is 20.4. The van der Waals surface area contributed by atoms with Gasteiger partial charge in [-0.25, -0.2) is 0 Å². The van der Waals surface area contributed by atoms with Gasteiger partial charge >= 0.3 is 0 Å². The number of hydrogen-bond donors (Lipinski definition) is 0. The number of piperidine rings is 1. The topological polar surface area (TPSA) is 42.0 Å². The van der Waals surface area contributed by atoms with Crippen molar-refractivity contribution in [2.75, 3.05) is 26.7 Å². The molecule has 0 saturated carbocycles. The second-order valence-corrected chi connectivity index (χ2v) is 9.55. The van der Waals surface area contributed by atoms with Gasteiger partial charge in [0.05, 0.1) is 13.7 Å². The summed E-state index contributed by atoms with van der Waals surface area (Å²) in [5, 5.41) is 0. The molecule has 29 heavy (non-hydrogen) atoms. The Morgan fingerprint density at radius 2 is 2.14 bits per heavy atom. The van der Waals surface area contributed by atoms with Crippen LogP contribution >= 0.6 is 11.3 Å². The van der Waals surface area contributed by atoms with Crippen molar-refractivity contribution in [1.29, 1.82) is 0 Å². The van der Waals surface area contributed by atoms with Crippen molar-refractivity contribution in [3.05, 3.63) is 45.6 Å². The quantitative estimate of drug-likeness (QED) is 0.756. The molecule has 3 heterocycles. The van der Waals surface area contributed by atoms with Crippen LogP contribution in [-0.2, 0) is 17.9 Å². The number of fused-ring (bicyclic) bond motifs is 1. The summed E-state index contributed by atoms with van der Waals surface area (Å²) in [4.78, 5) is 19.5. The van der Waals surface area contributed by atoms with E-state index in [1.54, 1.807) is 14.0 Å². The summed E-state index contributed by atoms with van der Waals surface area (Å²) in [6, 6.07) is 10.4. The normalized spacial score (nSPS) is 22.5. The van der Waals surface area contributed by atoms with Crippen LogP contribution in [0, 0.1) is 12.8 Å². The van der Waals surface area contributed by atoms with Crippen molar-refractivity contribution in [3.8, 4) is 11.5 Å². The van der Waals surface area contributed by atoms with E-state index in [9.17, 15) is 4.79 Å². The Morgan fingerprint density at radius 3 is 2.86 bits per heavy atom. The van der Waals surface area contributed by atoms with Gasteiger partial charge in [-0.3, -0.25) is 9.69 Å². The van der Waals surface area contributed by atoms with Crippen LogP contribution in [0.25, 0.3) is 0 Å². The third kappa shape index (κ3) is 4.75. The van der Waals surface area contributed by atoms with Crippen LogP contribution in [0.3, 0.4) is 0 Å². The van der Waals surface area contributed by atoms with Crippen LogP contribution in [0.5, 0.6) is 11.5 Å². The molecule has 1 aromatic heterocycles. The van der Waals surface area contributed by atoms with Gasteiger partial charge in [0.25, 0.3) is 0 Å². The largest absolute Gasteiger partial charge is 0.497 e. The minimum atomic E-state index is 0.0152. The molecule has 0 unspecified atom stereocenters. The highest BCUT2D eigenvalue weighted by atomic mass is 32.1. The molecule has 0 aliphatic carbocycles. The first-order chi connectivity index (χ1) is 14.0. The fourth-order valence-corrected chi connectivity index (χ4v) is 5.36. The molecule has 1 aromatic carbocycles. The second kappa shape index (κ2) is 8.76. The molecule has 2 aromatic rings. The molecule has 2 aliphatic rings. The molecule has 0 spiro atoms. The van der Waals surface area contributed by atoms with Crippen LogP contribution in [0.1, 0.15) is 35.1 Å². The Morgan fingerprint density at radius 1 is 1.28 bits per heavy atom. The standard InChI is InChI=1S/C23H30N2O3S/c1-16-6-8-21(29-16)14-24-10-4-5-18(12-24)23-15-25(17(2)26)13-19-11-20(27-3)7-9-22(19)28-23/h6-9,11,18,23H,4-5,10,12-15H2,1-3H3/t18-,23-/m0/s1. The van der Waals surface area contributed by atoms with Crippen molar-refractivity contribution < 1.29 is 14.3 Å². The average Bonchev–Trinajstić information content (AvgIpc) is 3.01. The molecule has 4 rings (SSSR count). The summed E-state index contributed by atoms with van der Waals surface area (Å²) in [6.45, 7) is 8.17. The predicted octanol–water partition coefficient (Wildman–Crippen LogP) is 4.09. The lowest BCUT2D eigenvalue weighted by Crippen LogP contribution is -2.46. The van der Waals surface area contributed by atoms with Crippen LogP contribution in [0.2, 0.25) is 0 Å². The summed E-state index contributed by atoms with van der Waals surface area (Å²) < 4.78 is 11.9. The minimum Gasteiger partial charge on any atom is -0.497 e. The summed E-state index contributed by atoms with van der Waals surface area (Å²) in [5.41, 5.74) is 1.02. The Hall–Kier alpha value is -2.05. The third-order valence-corrected chi connectivity index (χ3v) is 6.98. The van der Waals surface area contributed by atoms with Crippen molar-refractivity contribution in [3.63, 3.8) is 0 Å². The molecule has 0 radical (unpaired) electrons. The first kappa shape index (κ1) is 20.2. The lowest BCUT2D eigenvalue weighted by atomic mass is 9.92. The number of carbonyl (C=O) groups excluding carboxylic acids is 1. The Kier molecular flexibility index (Phi) is 6.11. The maximum Gasteiger partial charge on any atom is 0.219 e. The number of benzene rings is 1. The number of amides is 1. The van der Waals surface area contributed by atoms with Gasteiger partial charge in [-0.15, -0.1) is 11.3 Å². The third-order valence-electron chi connectivity index (χ3n) is 6.00. The van der Waals surface area contributed by atoms with Gasteiger partial charge in [-0.1, -0.05) is 0 Å². The van der Waals surface area contributed by atoms with Crippen molar-refractivity contribution in [2.45, 2.75) is 45.9 Å².